The summed E-state index contributed by atoms with van der Waals surface area (Å²) in [6.45, 7) is 4.39. The molecule has 0 fully saturated rings. The number of hydrogen-bond donors (Lipinski definition) is 0. The zero-order valence-corrected chi connectivity index (χ0v) is 17.8. The van der Waals surface area contributed by atoms with Crippen LogP contribution in [0.25, 0.3) is 0 Å². The Morgan fingerprint density at radius 2 is 1.26 bits per heavy atom. The van der Waals surface area contributed by atoms with Crippen LogP contribution >= 0.6 is 15.9 Å². The second-order valence-electron chi connectivity index (χ2n) is 6.61. The summed E-state index contributed by atoms with van der Waals surface area (Å²) in [5.74, 6) is 0. The summed E-state index contributed by atoms with van der Waals surface area (Å²) in [7, 11) is -3.65. The SMILES string of the molecule is Cc1cc(S(=O)(=O)N(Cc2ccccc2)Cc2ccccc2)c(C)cc1Br. The van der Waals surface area contributed by atoms with Crippen molar-refractivity contribution in [1.29, 1.82) is 0 Å². The van der Waals surface area contributed by atoms with E-state index >= 15 is 0 Å². The van der Waals surface area contributed by atoms with Gasteiger partial charge in [0.25, 0.3) is 0 Å². The van der Waals surface area contributed by atoms with Crippen LogP contribution in [0.15, 0.2) is 82.2 Å². The van der Waals surface area contributed by atoms with E-state index in [0.717, 1.165) is 26.7 Å². The summed E-state index contributed by atoms with van der Waals surface area (Å²) in [5, 5.41) is 0. The minimum absolute atomic E-state index is 0.326. The number of sulfonamides is 1. The third-order valence-electron chi connectivity index (χ3n) is 4.48. The minimum Gasteiger partial charge on any atom is -0.207 e. The second-order valence-corrected chi connectivity index (χ2v) is 9.37. The molecule has 140 valence electrons. The van der Waals surface area contributed by atoms with Crippen LogP contribution in [0.1, 0.15) is 22.3 Å². The van der Waals surface area contributed by atoms with E-state index in [1.807, 2.05) is 80.6 Å². The minimum atomic E-state index is -3.65. The molecule has 0 unspecified atom stereocenters. The Labute approximate surface area is 169 Å². The van der Waals surface area contributed by atoms with Gasteiger partial charge in [0.2, 0.25) is 10.0 Å². The Kier molecular flexibility index (Phi) is 6.15. The molecule has 0 amide bonds. The quantitative estimate of drug-likeness (QED) is 0.507. The van der Waals surface area contributed by atoms with E-state index in [2.05, 4.69) is 15.9 Å². The van der Waals surface area contributed by atoms with Crippen LogP contribution in [0, 0.1) is 13.8 Å². The van der Waals surface area contributed by atoms with E-state index in [4.69, 9.17) is 0 Å². The normalized spacial score (nSPS) is 11.7. The van der Waals surface area contributed by atoms with Gasteiger partial charge in [-0.25, -0.2) is 8.42 Å². The van der Waals surface area contributed by atoms with Crippen LogP contribution < -0.4 is 0 Å². The first-order valence-electron chi connectivity index (χ1n) is 8.72. The van der Waals surface area contributed by atoms with Gasteiger partial charge in [0.05, 0.1) is 4.90 Å². The van der Waals surface area contributed by atoms with Crippen molar-refractivity contribution in [1.82, 2.24) is 4.31 Å². The highest BCUT2D eigenvalue weighted by Gasteiger charge is 2.27. The van der Waals surface area contributed by atoms with E-state index in [1.54, 1.807) is 10.4 Å². The van der Waals surface area contributed by atoms with E-state index in [9.17, 15) is 8.42 Å². The van der Waals surface area contributed by atoms with E-state index in [-0.39, 0.29) is 0 Å². The molecule has 0 atom stereocenters. The van der Waals surface area contributed by atoms with Crippen LogP contribution in [0.4, 0.5) is 0 Å². The standard InChI is InChI=1S/C22H22BrNO2S/c1-17-14-22(18(2)13-21(17)23)27(25,26)24(15-19-9-5-3-6-10-19)16-20-11-7-4-8-12-20/h3-14H,15-16H2,1-2H3. The van der Waals surface area contributed by atoms with Crippen LogP contribution in [0.2, 0.25) is 0 Å². The van der Waals surface area contributed by atoms with Crippen LogP contribution in [-0.2, 0) is 23.1 Å². The van der Waals surface area contributed by atoms with Gasteiger partial charge in [-0.3, -0.25) is 0 Å². The highest BCUT2D eigenvalue weighted by Crippen LogP contribution is 2.28. The summed E-state index contributed by atoms with van der Waals surface area (Å²) in [4.78, 5) is 0.357. The maximum Gasteiger partial charge on any atom is 0.243 e. The number of aryl methyl sites for hydroxylation is 2. The summed E-state index contributed by atoms with van der Waals surface area (Å²) >= 11 is 3.48. The molecule has 5 heteroatoms. The van der Waals surface area contributed by atoms with E-state index < -0.39 is 10.0 Å². The molecule has 0 aliphatic heterocycles. The fraction of sp³-hybridized carbons (Fsp3) is 0.182. The fourth-order valence-electron chi connectivity index (χ4n) is 2.97. The zero-order chi connectivity index (χ0) is 19.4. The molecule has 0 N–H and O–H groups in total. The largest absolute Gasteiger partial charge is 0.243 e. The van der Waals surface area contributed by atoms with Gasteiger partial charge in [0.15, 0.2) is 0 Å². The van der Waals surface area contributed by atoms with Crippen molar-refractivity contribution < 1.29 is 8.42 Å². The third-order valence-corrected chi connectivity index (χ3v) is 7.27. The lowest BCUT2D eigenvalue weighted by molar-refractivity contribution is 0.401. The molecule has 0 heterocycles. The smallest absolute Gasteiger partial charge is 0.207 e. The van der Waals surface area contributed by atoms with Gasteiger partial charge >= 0.3 is 0 Å². The van der Waals surface area contributed by atoms with Crippen molar-refractivity contribution >= 4 is 26.0 Å². The number of hydrogen-bond acceptors (Lipinski definition) is 2. The van der Waals surface area contributed by atoms with Crippen molar-refractivity contribution in [3.63, 3.8) is 0 Å². The Morgan fingerprint density at radius 1 is 0.778 bits per heavy atom. The Hall–Kier alpha value is -1.95. The van der Waals surface area contributed by atoms with Crippen molar-refractivity contribution in [2.45, 2.75) is 31.8 Å². The summed E-state index contributed by atoms with van der Waals surface area (Å²) in [6.07, 6.45) is 0. The first-order chi connectivity index (χ1) is 12.9. The third kappa shape index (κ3) is 4.67. The molecule has 3 aromatic carbocycles. The van der Waals surface area contributed by atoms with Gasteiger partial charge in [-0.15, -0.1) is 0 Å². The lowest BCUT2D eigenvalue weighted by Crippen LogP contribution is -2.31. The molecule has 0 aliphatic rings. The van der Waals surface area contributed by atoms with Crippen LogP contribution in [-0.4, -0.2) is 12.7 Å². The molecular weight excluding hydrogens is 422 g/mol. The summed E-state index contributed by atoms with van der Waals surface area (Å²) < 4.78 is 29.5. The summed E-state index contributed by atoms with van der Waals surface area (Å²) in [5.41, 5.74) is 3.56. The lowest BCUT2D eigenvalue weighted by Gasteiger charge is -2.24. The van der Waals surface area contributed by atoms with Crippen LogP contribution in [0.5, 0.6) is 0 Å². The molecule has 3 aromatic rings. The molecule has 0 aromatic heterocycles. The van der Waals surface area contributed by atoms with E-state index in [0.29, 0.717) is 18.0 Å². The maximum atomic E-state index is 13.5. The first-order valence-corrected chi connectivity index (χ1v) is 11.0. The molecule has 0 bridgehead atoms. The monoisotopic (exact) mass is 443 g/mol. The van der Waals surface area contributed by atoms with Crippen molar-refractivity contribution in [3.8, 4) is 0 Å². The second kappa shape index (κ2) is 8.38. The highest BCUT2D eigenvalue weighted by atomic mass is 79.9. The molecule has 0 aliphatic carbocycles. The average molecular weight is 444 g/mol. The van der Waals surface area contributed by atoms with Crippen molar-refractivity contribution in [3.05, 3.63) is 99.5 Å². The number of rotatable bonds is 6. The van der Waals surface area contributed by atoms with Gasteiger partial charge < -0.3 is 0 Å². The van der Waals surface area contributed by atoms with Gasteiger partial charge in [-0.2, -0.15) is 4.31 Å². The van der Waals surface area contributed by atoms with E-state index in [1.165, 1.54) is 0 Å². The van der Waals surface area contributed by atoms with Crippen molar-refractivity contribution in [2.24, 2.45) is 0 Å². The molecule has 0 radical (unpaired) electrons. The Morgan fingerprint density at radius 3 is 1.74 bits per heavy atom. The molecule has 27 heavy (non-hydrogen) atoms. The zero-order valence-electron chi connectivity index (χ0n) is 15.4. The number of nitrogens with zero attached hydrogens (tertiary/aromatic N) is 1. The van der Waals surface area contributed by atoms with Crippen molar-refractivity contribution in [2.75, 3.05) is 0 Å². The average Bonchev–Trinajstić information content (AvgIpc) is 2.66. The molecular formula is C22H22BrNO2S. The Bertz CT molecular complexity index is 977. The van der Waals surface area contributed by atoms with Gasteiger partial charge in [-0.05, 0) is 48.2 Å². The molecule has 0 saturated heterocycles. The van der Waals surface area contributed by atoms with Crippen LogP contribution in [0.3, 0.4) is 0 Å². The Balaban J connectivity index is 2.04. The molecule has 0 saturated carbocycles. The summed E-state index contributed by atoms with van der Waals surface area (Å²) in [6, 6.07) is 23.0. The topological polar surface area (TPSA) is 37.4 Å². The molecule has 3 rings (SSSR count). The number of benzene rings is 3. The molecule has 0 spiro atoms. The highest BCUT2D eigenvalue weighted by molar-refractivity contribution is 9.10. The predicted molar refractivity (Wildman–Crippen MR) is 113 cm³/mol. The predicted octanol–water partition coefficient (Wildman–Crippen LogP) is 5.46. The lowest BCUT2D eigenvalue weighted by atomic mass is 10.2. The number of halogens is 1. The van der Waals surface area contributed by atoms with Gasteiger partial charge in [0.1, 0.15) is 0 Å². The first kappa shape index (κ1) is 19.8. The fourth-order valence-corrected chi connectivity index (χ4v) is 5.14. The van der Waals surface area contributed by atoms with Gasteiger partial charge in [0, 0.05) is 17.6 Å². The maximum absolute atomic E-state index is 13.5. The molecule has 3 nitrogen and oxygen atoms in total. The van der Waals surface area contributed by atoms with Gasteiger partial charge in [-0.1, -0.05) is 76.6 Å².